The number of carbonyl (C=O) groups excluding carboxylic acids is 2. The average Bonchev–Trinajstić information content (AvgIpc) is 2.77. The molecule has 3 rings (SSSR count). The van der Waals surface area contributed by atoms with E-state index in [9.17, 15) is 9.59 Å². The summed E-state index contributed by atoms with van der Waals surface area (Å²) in [6.07, 6.45) is 8.49. The quantitative estimate of drug-likeness (QED) is 0.819. The van der Waals surface area contributed by atoms with E-state index in [1.807, 2.05) is 12.1 Å². The fourth-order valence-corrected chi connectivity index (χ4v) is 4.05. The molecule has 1 saturated carbocycles. The Bertz CT molecular complexity index is 584. The maximum atomic E-state index is 12.8. The minimum atomic E-state index is -0.00972. The van der Waals surface area contributed by atoms with E-state index < -0.39 is 0 Å². The highest BCUT2D eigenvalue weighted by Crippen LogP contribution is 2.34. The van der Waals surface area contributed by atoms with E-state index in [0.717, 1.165) is 19.4 Å². The lowest BCUT2D eigenvalue weighted by atomic mass is 9.82. The summed E-state index contributed by atoms with van der Waals surface area (Å²) in [7, 11) is 0. The maximum absolute atomic E-state index is 12.8. The first-order valence-corrected chi connectivity index (χ1v) is 8.84. The van der Waals surface area contributed by atoms with Crippen molar-refractivity contribution in [2.75, 3.05) is 11.9 Å². The molecule has 4 nitrogen and oxygen atoms in total. The monoisotopic (exact) mass is 314 g/mol. The van der Waals surface area contributed by atoms with Crippen LogP contribution in [0.3, 0.4) is 0 Å². The average molecular weight is 314 g/mol. The number of urea groups is 1. The van der Waals surface area contributed by atoms with Gasteiger partial charge in [0.1, 0.15) is 0 Å². The number of amides is 2. The summed E-state index contributed by atoms with van der Waals surface area (Å²) >= 11 is 0. The Labute approximate surface area is 138 Å². The minimum Gasteiger partial charge on any atom is -0.321 e. The second kappa shape index (κ2) is 7.16. The molecule has 2 amide bonds. The number of ketones is 1. The number of nitrogens with one attached hydrogen (secondary N) is 1. The highest BCUT2D eigenvalue weighted by molar-refractivity contribution is 5.96. The standard InChI is InChI=1S/C19H26N2O2/c1-14(22)16-9-6-10-17(13-16)20-19(23)21-12-5-4-8-15-7-2-3-11-18(15)21/h6,9-10,13,15,18H,2-5,7-8,11-12H2,1H3,(H,20,23). The van der Waals surface area contributed by atoms with E-state index in [-0.39, 0.29) is 11.8 Å². The van der Waals surface area contributed by atoms with Gasteiger partial charge in [-0.05, 0) is 50.7 Å². The molecule has 2 aliphatic rings. The Morgan fingerprint density at radius 2 is 1.83 bits per heavy atom. The number of anilines is 1. The topological polar surface area (TPSA) is 49.4 Å². The van der Waals surface area contributed by atoms with Crippen LogP contribution in [0.2, 0.25) is 0 Å². The molecule has 0 aromatic heterocycles. The van der Waals surface area contributed by atoms with Crippen molar-refractivity contribution in [1.82, 2.24) is 4.90 Å². The third-order valence-corrected chi connectivity index (χ3v) is 5.27. The van der Waals surface area contributed by atoms with E-state index in [1.54, 1.807) is 19.1 Å². The molecule has 1 N–H and O–H groups in total. The smallest absolute Gasteiger partial charge is 0.321 e. The summed E-state index contributed by atoms with van der Waals surface area (Å²) in [4.78, 5) is 26.3. The van der Waals surface area contributed by atoms with E-state index in [2.05, 4.69) is 10.2 Å². The first-order valence-electron chi connectivity index (χ1n) is 8.84. The number of Topliss-reactive ketones (excluding diaryl/α,β-unsaturated/α-hetero) is 1. The van der Waals surface area contributed by atoms with Crippen molar-refractivity contribution in [2.24, 2.45) is 5.92 Å². The fourth-order valence-electron chi connectivity index (χ4n) is 4.05. The van der Waals surface area contributed by atoms with Gasteiger partial charge in [0, 0.05) is 23.8 Å². The van der Waals surface area contributed by atoms with Crippen molar-refractivity contribution in [2.45, 2.75) is 57.9 Å². The van der Waals surface area contributed by atoms with E-state index in [1.165, 1.54) is 32.1 Å². The molecule has 1 aliphatic heterocycles. The lowest BCUT2D eigenvalue weighted by Crippen LogP contribution is -2.47. The fraction of sp³-hybridized carbons (Fsp3) is 0.579. The van der Waals surface area contributed by atoms with Gasteiger partial charge < -0.3 is 10.2 Å². The molecule has 124 valence electrons. The van der Waals surface area contributed by atoms with Crippen LogP contribution >= 0.6 is 0 Å². The van der Waals surface area contributed by atoms with Crippen LogP contribution in [0, 0.1) is 5.92 Å². The molecule has 23 heavy (non-hydrogen) atoms. The zero-order valence-electron chi connectivity index (χ0n) is 13.9. The first kappa shape index (κ1) is 16.0. The number of benzene rings is 1. The number of carbonyl (C=O) groups is 2. The number of hydrogen-bond acceptors (Lipinski definition) is 2. The number of fused-ring (bicyclic) bond motifs is 1. The van der Waals surface area contributed by atoms with Gasteiger partial charge in [0.25, 0.3) is 0 Å². The molecule has 0 radical (unpaired) electrons. The summed E-state index contributed by atoms with van der Waals surface area (Å²) in [5.41, 5.74) is 1.34. The van der Waals surface area contributed by atoms with E-state index in [0.29, 0.717) is 23.2 Å². The molecule has 2 fully saturated rings. The van der Waals surface area contributed by atoms with Gasteiger partial charge in [0.2, 0.25) is 0 Å². The van der Waals surface area contributed by atoms with Gasteiger partial charge >= 0.3 is 6.03 Å². The van der Waals surface area contributed by atoms with Crippen LogP contribution in [0.4, 0.5) is 10.5 Å². The molecule has 4 heteroatoms. The normalized spacial score (nSPS) is 24.5. The molecule has 1 saturated heterocycles. The second-order valence-corrected chi connectivity index (χ2v) is 6.87. The predicted molar refractivity (Wildman–Crippen MR) is 91.8 cm³/mol. The Hall–Kier alpha value is -1.84. The Morgan fingerprint density at radius 3 is 2.61 bits per heavy atom. The lowest BCUT2D eigenvalue weighted by Gasteiger charge is -2.38. The summed E-state index contributed by atoms with van der Waals surface area (Å²) in [5, 5.41) is 3.00. The number of hydrogen-bond donors (Lipinski definition) is 1. The molecule has 0 bridgehead atoms. The van der Waals surface area contributed by atoms with E-state index in [4.69, 9.17) is 0 Å². The van der Waals surface area contributed by atoms with Gasteiger partial charge in [-0.2, -0.15) is 0 Å². The van der Waals surface area contributed by atoms with Gasteiger partial charge in [0.15, 0.2) is 5.78 Å². The highest BCUT2D eigenvalue weighted by atomic mass is 16.2. The molecule has 1 aromatic rings. The van der Waals surface area contributed by atoms with Crippen LogP contribution in [0.1, 0.15) is 62.2 Å². The molecule has 2 unspecified atom stereocenters. The lowest BCUT2D eigenvalue weighted by molar-refractivity contribution is 0.101. The van der Waals surface area contributed by atoms with Crippen LogP contribution in [-0.4, -0.2) is 29.3 Å². The zero-order chi connectivity index (χ0) is 16.2. The molecule has 1 aromatic carbocycles. The van der Waals surface area contributed by atoms with Crippen molar-refractivity contribution in [3.8, 4) is 0 Å². The van der Waals surface area contributed by atoms with Crippen molar-refractivity contribution in [1.29, 1.82) is 0 Å². The van der Waals surface area contributed by atoms with Gasteiger partial charge in [-0.25, -0.2) is 4.79 Å². The summed E-state index contributed by atoms with van der Waals surface area (Å²) < 4.78 is 0. The maximum Gasteiger partial charge on any atom is 0.322 e. The summed E-state index contributed by atoms with van der Waals surface area (Å²) in [6.45, 7) is 2.39. The minimum absolute atomic E-state index is 0.00972. The zero-order valence-corrected chi connectivity index (χ0v) is 13.9. The van der Waals surface area contributed by atoms with Crippen LogP contribution in [0.25, 0.3) is 0 Å². The molecular formula is C19H26N2O2. The molecular weight excluding hydrogens is 288 g/mol. The highest BCUT2D eigenvalue weighted by Gasteiger charge is 2.34. The third-order valence-electron chi connectivity index (χ3n) is 5.27. The summed E-state index contributed by atoms with van der Waals surface area (Å²) in [6, 6.07) is 7.59. The number of nitrogens with zero attached hydrogens (tertiary/aromatic N) is 1. The van der Waals surface area contributed by atoms with Gasteiger partial charge in [-0.1, -0.05) is 31.4 Å². The van der Waals surface area contributed by atoms with Gasteiger partial charge in [-0.15, -0.1) is 0 Å². The van der Waals surface area contributed by atoms with Crippen LogP contribution in [0.5, 0.6) is 0 Å². The van der Waals surface area contributed by atoms with Crippen LogP contribution < -0.4 is 5.32 Å². The predicted octanol–water partition coefficient (Wildman–Crippen LogP) is 4.47. The molecule has 1 aliphatic carbocycles. The van der Waals surface area contributed by atoms with E-state index >= 15 is 0 Å². The number of rotatable bonds is 2. The SMILES string of the molecule is CC(=O)c1cccc(NC(=O)N2CCCCC3CCCCC32)c1. The Morgan fingerprint density at radius 1 is 1.09 bits per heavy atom. The van der Waals surface area contributed by atoms with Gasteiger partial charge in [-0.3, -0.25) is 4.79 Å². The molecule has 2 atom stereocenters. The number of likely N-dealkylation sites (tertiary alicyclic amines) is 1. The Balaban J connectivity index is 1.73. The first-order chi connectivity index (χ1) is 11.1. The third kappa shape index (κ3) is 3.74. The van der Waals surface area contributed by atoms with Gasteiger partial charge in [0.05, 0.1) is 0 Å². The van der Waals surface area contributed by atoms with Crippen molar-refractivity contribution >= 4 is 17.5 Å². The molecule has 0 spiro atoms. The largest absolute Gasteiger partial charge is 0.322 e. The summed E-state index contributed by atoms with van der Waals surface area (Å²) in [5.74, 6) is 0.684. The van der Waals surface area contributed by atoms with Crippen LogP contribution in [0.15, 0.2) is 24.3 Å². The Kier molecular flexibility index (Phi) is 4.99. The second-order valence-electron chi connectivity index (χ2n) is 6.87. The van der Waals surface area contributed by atoms with Crippen LogP contribution in [-0.2, 0) is 0 Å². The molecule has 1 heterocycles. The van der Waals surface area contributed by atoms with Crippen molar-refractivity contribution < 1.29 is 9.59 Å². The van der Waals surface area contributed by atoms with Crippen molar-refractivity contribution in [3.05, 3.63) is 29.8 Å². The van der Waals surface area contributed by atoms with Crippen molar-refractivity contribution in [3.63, 3.8) is 0 Å².